The van der Waals surface area contributed by atoms with Crippen LogP contribution in [0.1, 0.15) is 32.1 Å². The Kier molecular flexibility index (Phi) is 4.47. The van der Waals surface area contributed by atoms with Crippen LogP contribution in [0.4, 0.5) is 0 Å². The van der Waals surface area contributed by atoms with E-state index in [2.05, 4.69) is 4.90 Å². The fourth-order valence-corrected chi connectivity index (χ4v) is 3.01. The Morgan fingerprint density at radius 1 is 1.12 bits per heavy atom. The molecule has 1 aliphatic carbocycles. The van der Waals surface area contributed by atoms with E-state index in [0.29, 0.717) is 12.3 Å². The maximum absolute atomic E-state index is 11.6. The van der Waals surface area contributed by atoms with Crippen molar-refractivity contribution < 1.29 is 4.79 Å². The minimum absolute atomic E-state index is 0.223. The summed E-state index contributed by atoms with van der Waals surface area (Å²) in [7, 11) is 0. The summed E-state index contributed by atoms with van der Waals surface area (Å²) in [6.07, 6.45) is 5.97. The molecule has 92 valence electrons. The lowest BCUT2D eigenvalue weighted by Gasteiger charge is -2.38. The summed E-state index contributed by atoms with van der Waals surface area (Å²) in [4.78, 5) is 16.2. The molecule has 0 N–H and O–H groups in total. The molecule has 2 aliphatic rings. The monoisotopic (exact) mass is 244 g/mol. The Labute approximate surface area is 103 Å². The van der Waals surface area contributed by atoms with E-state index in [1.54, 1.807) is 0 Å². The molecule has 16 heavy (non-hydrogen) atoms. The van der Waals surface area contributed by atoms with Gasteiger partial charge in [-0.2, -0.15) is 0 Å². The number of carbonyl (C=O) groups is 1. The van der Waals surface area contributed by atoms with Crippen LogP contribution < -0.4 is 0 Å². The summed E-state index contributed by atoms with van der Waals surface area (Å²) in [5.41, 5.74) is 0. The van der Waals surface area contributed by atoms with Gasteiger partial charge in [0.25, 0.3) is 0 Å². The van der Waals surface area contributed by atoms with Crippen molar-refractivity contribution >= 4 is 17.5 Å². The van der Waals surface area contributed by atoms with Gasteiger partial charge in [-0.05, 0) is 12.8 Å². The molecule has 3 nitrogen and oxygen atoms in total. The van der Waals surface area contributed by atoms with Gasteiger partial charge in [-0.1, -0.05) is 12.8 Å². The van der Waals surface area contributed by atoms with Crippen LogP contribution in [0.15, 0.2) is 0 Å². The molecule has 0 radical (unpaired) electrons. The van der Waals surface area contributed by atoms with Crippen LogP contribution in [0.2, 0.25) is 0 Å². The van der Waals surface area contributed by atoms with Crippen molar-refractivity contribution in [2.75, 3.05) is 32.1 Å². The minimum Gasteiger partial charge on any atom is -0.340 e. The fraction of sp³-hybridized carbons (Fsp3) is 0.917. The molecule has 0 aromatic heterocycles. The van der Waals surface area contributed by atoms with Crippen LogP contribution in [-0.2, 0) is 4.79 Å². The smallest absolute Gasteiger partial charge is 0.223 e. The van der Waals surface area contributed by atoms with Crippen molar-refractivity contribution in [1.82, 2.24) is 9.80 Å². The molecule has 2 rings (SSSR count). The summed E-state index contributed by atoms with van der Waals surface area (Å²) >= 11 is 5.59. The zero-order chi connectivity index (χ0) is 11.4. The minimum atomic E-state index is 0.223. The number of carbonyl (C=O) groups excluding carboxylic acids is 1. The number of nitrogens with zero attached hydrogens (tertiary/aromatic N) is 2. The average Bonchev–Trinajstić information content (AvgIpc) is 2.83. The summed E-state index contributed by atoms with van der Waals surface area (Å²) in [5, 5.41) is 0. The molecule has 1 saturated carbocycles. The van der Waals surface area contributed by atoms with Gasteiger partial charge in [0.15, 0.2) is 0 Å². The first-order valence-corrected chi connectivity index (χ1v) is 6.92. The molecule has 4 heteroatoms. The third-order valence-electron chi connectivity index (χ3n) is 3.82. The predicted octanol–water partition coefficient (Wildman–Crippen LogP) is 1.70. The van der Waals surface area contributed by atoms with Gasteiger partial charge in [-0.15, -0.1) is 11.6 Å². The molecule has 1 saturated heterocycles. The van der Waals surface area contributed by atoms with E-state index < -0.39 is 0 Å². The van der Waals surface area contributed by atoms with E-state index in [4.69, 9.17) is 11.6 Å². The lowest BCUT2D eigenvalue weighted by Crippen LogP contribution is -2.51. The Balaban J connectivity index is 1.75. The average molecular weight is 245 g/mol. The standard InChI is InChI=1S/C12H21ClN2O/c13-6-5-12(16)15-9-7-14(8-10-15)11-3-1-2-4-11/h11H,1-10H2. The second-order valence-corrected chi connectivity index (χ2v) is 5.17. The van der Waals surface area contributed by atoms with Crippen LogP contribution in [0.3, 0.4) is 0 Å². The van der Waals surface area contributed by atoms with Crippen molar-refractivity contribution in [2.45, 2.75) is 38.1 Å². The van der Waals surface area contributed by atoms with E-state index in [1.165, 1.54) is 25.7 Å². The van der Waals surface area contributed by atoms with Gasteiger partial charge in [-0.25, -0.2) is 0 Å². The highest BCUT2D eigenvalue weighted by Gasteiger charge is 2.27. The number of rotatable bonds is 3. The fourth-order valence-electron chi connectivity index (χ4n) is 2.84. The Morgan fingerprint density at radius 3 is 2.31 bits per heavy atom. The van der Waals surface area contributed by atoms with Gasteiger partial charge in [0.2, 0.25) is 5.91 Å². The molecule has 1 aliphatic heterocycles. The second-order valence-electron chi connectivity index (χ2n) is 4.79. The lowest BCUT2D eigenvalue weighted by molar-refractivity contribution is -0.132. The zero-order valence-electron chi connectivity index (χ0n) is 9.83. The number of amides is 1. The summed E-state index contributed by atoms with van der Waals surface area (Å²) in [6.45, 7) is 3.90. The van der Waals surface area contributed by atoms with Crippen LogP contribution >= 0.6 is 11.6 Å². The van der Waals surface area contributed by atoms with E-state index in [-0.39, 0.29) is 5.91 Å². The molecular weight excluding hydrogens is 224 g/mol. The third-order valence-corrected chi connectivity index (χ3v) is 4.01. The summed E-state index contributed by atoms with van der Waals surface area (Å²) in [6, 6.07) is 0.797. The molecular formula is C12H21ClN2O. The first-order chi connectivity index (χ1) is 7.81. The molecule has 1 amide bonds. The molecule has 0 aromatic rings. The van der Waals surface area contributed by atoms with Crippen molar-refractivity contribution in [3.05, 3.63) is 0 Å². The summed E-state index contributed by atoms with van der Waals surface area (Å²) in [5.74, 6) is 0.669. The van der Waals surface area contributed by atoms with Gasteiger partial charge in [0.1, 0.15) is 0 Å². The number of hydrogen-bond acceptors (Lipinski definition) is 2. The van der Waals surface area contributed by atoms with Crippen molar-refractivity contribution in [3.8, 4) is 0 Å². The van der Waals surface area contributed by atoms with E-state index in [9.17, 15) is 4.79 Å². The second kappa shape index (κ2) is 5.87. The van der Waals surface area contributed by atoms with Crippen molar-refractivity contribution in [1.29, 1.82) is 0 Å². The van der Waals surface area contributed by atoms with E-state index in [1.807, 2.05) is 4.90 Å². The Morgan fingerprint density at radius 2 is 1.75 bits per heavy atom. The van der Waals surface area contributed by atoms with Gasteiger partial charge in [0.05, 0.1) is 0 Å². The zero-order valence-corrected chi connectivity index (χ0v) is 10.6. The lowest BCUT2D eigenvalue weighted by atomic mass is 10.2. The molecule has 2 fully saturated rings. The van der Waals surface area contributed by atoms with Crippen molar-refractivity contribution in [2.24, 2.45) is 0 Å². The molecule has 0 atom stereocenters. The Hall–Kier alpha value is -0.280. The largest absolute Gasteiger partial charge is 0.340 e. The first-order valence-electron chi connectivity index (χ1n) is 6.39. The van der Waals surface area contributed by atoms with Gasteiger partial charge in [-0.3, -0.25) is 9.69 Å². The summed E-state index contributed by atoms with van der Waals surface area (Å²) < 4.78 is 0. The van der Waals surface area contributed by atoms with Gasteiger partial charge < -0.3 is 4.90 Å². The van der Waals surface area contributed by atoms with Gasteiger partial charge >= 0.3 is 0 Å². The van der Waals surface area contributed by atoms with Crippen LogP contribution in [0.25, 0.3) is 0 Å². The molecule has 0 spiro atoms. The number of halogens is 1. The topological polar surface area (TPSA) is 23.6 Å². The van der Waals surface area contributed by atoms with E-state index >= 15 is 0 Å². The predicted molar refractivity (Wildman–Crippen MR) is 65.7 cm³/mol. The van der Waals surface area contributed by atoms with Gasteiger partial charge in [0, 0.05) is 44.5 Å². The molecule has 0 aromatic carbocycles. The highest BCUT2D eigenvalue weighted by atomic mass is 35.5. The molecule has 1 heterocycles. The number of hydrogen-bond donors (Lipinski definition) is 0. The normalized spacial score (nSPS) is 23.9. The number of alkyl halides is 1. The van der Waals surface area contributed by atoms with Crippen molar-refractivity contribution in [3.63, 3.8) is 0 Å². The van der Waals surface area contributed by atoms with E-state index in [0.717, 1.165) is 32.2 Å². The van der Waals surface area contributed by atoms with Crippen LogP contribution in [0, 0.1) is 0 Å². The maximum Gasteiger partial charge on any atom is 0.223 e. The first kappa shape index (κ1) is 12.2. The highest BCUT2D eigenvalue weighted by Crippen LogP contribution is 2.24. The Bertz CT molecular complexity index is 233. The highest BCUT2D eigenvalue weighted by molar-refractivity contribution is 6.18. The van der Waals surface area contributed by atoms with Crippen LogP contribution in [-0.4, -0.2) is 53.8 Å². The van der Waals surface area contributed by atoms with Crippen LogP contribution in [0.5, 0.6) is 0 Å². The quantitative estimate of drug-likeness (QED) is 0.706. The molecule has 0 bridgehead atoms. The maximum atomic E-state index is 11.6. The third kappa shape index (κ3) is 2.89. The molecule has 0 unspecified atom stereocenters. The SMILES string of the molecule is O=C(CCCl)N1CCN(C2CCCC2)CC1. The number of piperazine rings is 1.